The minimum atomic E-state index is -0.854. The van der Waals surface area contributed by atoms with Gasteiger partial charge in [0.1, 0.15) is 6.04 Å². The molecule has 1 amide bonds. The summed E-state index contributed by atoms with van der Waals surface area (Å²) >= 11 is 0. The second kappa shape index (κ2) is 5.95. The van der Waals surface area contributed by atoms with Gasteiger partial charge in [-0.3, -0.25) is 4.79 Å². The number of likely N-dealkylation sites (tertiary alicyclic amines) is 1. The van der Waals surface area contributed by atoms with E-state index in [9.17, 15) is 14.7 Å². The molecule has 3 N–H and O–H groups in total. The van der Waals surface area contributed by atoms with Gasteiger partial charge in [0.05, 0.1) is 0 Å². The highest BCUT2D eigenvalue weighted by Gasteiger charge is 2.44. The molecule has 4 atom stereocenters. The van der Waals surface area contributed by atoms with Gasteiger partial charge in [-0.05, 0) is 50.4 Å². The van der Waals surface area contributed by atoms with Crippen LogP contribution in [-0.4, -0.2) is 40.0 Å². The molecule has 1 aliphatic heterocycles. The van der Waals surface area contributed by atoms with Crippen LogP contribution in [-0.2, 0) is 9.59 Å². The third-order valence-corrected chi connectivity index (χ3v) is 5.58. The first-order valence-electron chi connectivity index (χ1n) is 8.37. The van der Waals surface area contributed by atoms with Gasteiger partial charge in [0, 0.05) is 18.5 Å². The lowest BCUT2D eigenvalue weighted by Crippen LogP contribution is -2.58. The zero-order chi connectivity index (χ0) is 15.0. The lowest BCUT2D eigenvalue weighted by molar-refractivity contribution is -0.158. The summed E-state index contributed by atoms with van der Waals surface area (Å²) < 4.78 is 0. The first kappa shape index (κ1) is 14.8. The Morgan fingerprint density at radius 3 is 2.48 bits per heavy atom. The largest absolute Gasteiger partial charge is 0.480 e. The van der Waals surface area contributed by atoms with Crippen LogP contribution in [0.3, 0.4) is 0 Å². The summed E-state index contributed by atoms with van der Waals surface area (Å²) in [6.07, 6.45) is 8.49. The molecule has 118 valence electrons. The van der Waals surface area contributed by atoms with Gasteiger partial charge in [0.2, 0.25) is 5.91 Å². The molecular weight excluding hydrogens is 268 g/mol. The van der Waals surface area contributed by atoms with E-state index in [-0.39, 0.29) is 18.0 Å². The van der Waals surface area contributed by atoms with E-state index in [0.717, 1.165) is 38.5 Å². The summed E-state index contributed by atoms with van der Waals surface area (Å²) in [5, 5.41) is 9.48. The van der Waals surface area contributed by atoms with E-state index in [1.807, 2.05) is 0 Å². The number of rotatable bonds is 4. The van der Waals surface area contributed by atoms with Gasteiger partial charge >= 0.3 is 5.97 Å². The molecule has 0 bridgehead atoms. The fraction of sp³-hybridized carbons (Fsp3) is 0.875. The van der Waals surface area contributed by atoms with Gasteiger partial charge in [-0.1, -0.05) is 12.8 Å². The number of piperidine rings is 1. The van der Waals surface area contributed by atoms with Crippen LogP contribution in [0, 0.1) is 11.8 Å². The van der Waals surface area contributed by atoms with Gasteiger partial charge in [0.15, 0.2) is 0 Å². The summed E-state index contributed by atoms with van der Waals surface area (Å²) in [5.41, 5.74) is 6.08. The number of nitrogens with zero attached hydrogens (tertiary/aromatic N) is 1. The zero-order valence-corrected chi connectivity index (χ0v) is 12.5. The van der Waals surface area contributed by atoms with Crippen molar-refractivity contribution < 1.29 is 14.7 Å². The van der Waals surface area contributed by atoms with Crippen LogP contribution in [0.1, 0.15) is 57.8 Å². The molecule has 3 fully saturated rings. The summed E-state index contributed by atoms with van der Waals surface area (Å²) in [6, 6.07) is -0.591. The molecule has 4 unspecified atom stereocenters. The maximum Gasteiger partial charge on any atom is 0.326 e. The molecular formula is C16H26N2O3. The number of carbonyl (C=O) groups is 2. The maximum absolute atomic E-state index is 12.7. The van der Waals surface area contributed by atoms with Crippen LogP contribution in [0.25, 0.3) is 0 Å². The van der Waals surface area contributed by atoms with Crippen molar-refractivity contribution in [2.45, 2.75) is 75.9 Å². The van der Waals surface area contributed by atoms with Crippen LogP contribution in [0.5, 0.6) is 0 Å². The fourth-order valence-electron chi connectivity index (χ4n) is 4.23. The zero-order valence-electron chi connectivity index (χ0n) is 12.5. The number of amides is 1. The molecule has 2 aliphatic carbocycles. The number of hydrogen-bond donors (Lipinski definition) is 2. The number of hydrogen-bond acceptors (Lipinski definition) is 3. The quantitative estimate of drug-likeness (QED) is 0.827. The Kier molecular flexibility index (Phi) is 4.20. The molecule has 3 aliphatic rings. The molecule has 5 nitrogen and oxygen atoms in total. The average molecular weight is 294 g/mol. The molecule has 0 aromatic carbocycles. The molecule has 0 spiro atoms. The van der Waals surface area contributed by atoms with Crippen LogP contribution < -0.4 is 5.73 Å². The normalized spacial score (nSPS) is 34.1. The molecule has 1 heterocycles. The average Bonchev–Trinajstić information content (AvgIpc) is 3.30. The summed E-state index contributed by atoms with van der Waals surface area (Å²) in [5.74, 6) is 0.0883. The Balaban J connectivity index is 1.74. The van der Waals surface area contributed by atoms with Gasteiger partial charge < -0.3 is 15.7 Å². The van der Waals surface area contributed by atoms with E-state index >= 15 is 0 Å². The van der Waals surface area contributed by atoms with Crippen LogP contribution in [0.2, 0.25) is 0 Å². The van der Waals surface area contributed by atoms with Crippen molar-refractivity contribution in [3.8, 4) is 0 Å². The predicted molar refractivity (Wildman–Crippen MR) is 78.6 cm³/mol. The maximum atomic E-state index is 12.7. The van der Waals surface area contributed by atoms with E-state index in [0.29, 0.717) is 24.7 Å². The standard InChI is InChI=1S/C16H26N2O3/c17-12(10-5-6-10)9-15(19)18-13-4-2-1-3-11(13)7-8-14(18)16(20)21/h10-14H,1-9,17H2,(H,20,21). The number of carboxylic acid groups (broad SMARTS) is 1. The van der Waals surface area contributed by atoms with Crippen molar-refractivity contribution >= 4 is 11.9 Å². The van der Waals surface area contributed by atoms with E-state index in [1.165, 1.54) is 6.42 Å². The van der Waals surface area contributed by atoms with Gasteiger partial charge in [-0.15, -0.1) is 0 Å². The minimum Gasteiger partial charge on any atom is -0.480 e. The Morgan fingerprint density at radius 2 is 1.81 bits per heavy atom. The topological polar surface area (TPSA) is 83.6 Å². The lowest BCUT2D eigenvalue weighted by atomic mass is 9.76. The molecule has 2 saturated carbocycles. The van der Waals surface area contributed by atoms with Crippen molar-refractivity contribution in [2.24, 2.45) is 17.6 Å². The first-order chi connectivity index (χ1) is 10.1. The SMILES string of the molecule is NC(CC(=O)N1C(C(=O)O)CCC2CCCCC21)C1CC1. The van der Waals surface area contributed by atoms with Gasteiger partial charge in [0.25, 0.3) is 0 Å². The highest BCUT2D eigenvalue weighted by molar-refractivity contribution is 5.84. The molecule has 0 aromatic rings. The molecule has 1 saturated heterocycles. The predicted octanol–water partition coefficient (Wildman–Crippen LogP) is 1.75. The van der Waals surface area contributed by atoms with E-state index in [1.54, 1.807) is 4.90 Å². The minimum absolute atomic E-state index is 0.0293. The van der Waals surface area contributed by atoms with Crippen molar-refractivity contribution in [2.75, 3.05) is 0 Å². The fourth-order valence-corrected chi connectivity index (χ4v) is 4.23. The third-order valence-electron chi connectivity index (χ3n) is 5.58. The van der Waals surface area contributed by atoms with Crippen LogP contribution >= 0.6 is 0 Å². The number of carbonyl (C=O) groups excluding carboxylic acids is 1. The Morgan fingerprint density at radius 1 is 1.10 bits per heavy atom. The number of carboxylic acids is 1. The number of fused-ring (bicyclic) bond motifs is 1. The van der Waals surface area contributed by atoms with Crippen molar-refractivity contribution in [1.29, 1.82) is 0 Å². The Bertz CT molecular complexity index is 422. The molecule has 0 radical (unpaired) electrons. The number of aliphatic carboxylic acids is 1. The van der Waals surface area contributed by atoms with Crippen molar-refractivity contribution in [1.82, 2.24) is 4.90 Å². The van der Waals surface area contributed by atoms with E-state index in [4.69, 9.17) is 5.73 Å². The van der Waals surface area contributed by atoms with Gasteiger partial charge in [-0.25, -0.2) is 4.79 Å². The van der Waals surface area contributed by atoms with E-state index in [2.05, 4.69) is 0 Å². The smallest absolute Gasteiger partial charge is 0.326 e. The van der Waals surface area contributed by atoms with Crippen LogP contribution in [0.15, 0.2) is 0 Å². The molecule has 5 heteroatoms. The summed E-state index contributed by atoms with van der Waals surface area (Å²) in [7, 11) is 0. The van der Waals surface area contributed by atoms with Crippen molar-refractivity contribution in [3.05, 3.63) is 0 Å². The second-order valence-electron chi connectivity index (χ2n) is 7.05. The monoisotopic (exact) mass is 294 g/mol. The Labute approximate surface area is 125 Å². The lowest BCUT2D eigenvalue weighted by Gasteiger charge is -2.47. The highest BCUT2D eigenvalue weighted by atomic mass is 16.4. The molecule has 21 heavy (non-hydrogen) atoms. The highest BCUT2D eigenvalue weighted by Crippen LogP contribution is 2.39. The first-order valence-corrected chi connectivity index (χ1v) is 8.37. The third kappa shape index (κ3) is 3.07. The van der Waals surface area contributed by atoms with Crippen molar-refractivity contribution in [3.63, 3.8) is 0 Å². The second-order valence-corrected chi connectivity index (χ2v) is 7.05. The summed E-state index contributed by atoms with van der Waals surface area (Å²) in [6.45, 7) is 0. The number of nitrogens with two attached hydrogens (primary N) is 1. The van der Waals surface area contributed by atoms with E-state index < -0.39 is 12.0 Å². The van der Waals surface area contributed by atoms with Crippen LogP contribution in [0.4, 0.5) is 0 Å². The van der Waals surface area contributed by atoms with Gasteiger partial charge in [-0.2, -0.15) is 0 Å². The Hall–Kier alpha value is -1.10. The molecule has 0 aromatic heterocycles. The molecule has 3 rings (SSSR count). The summed E-state index contributed by atoms with van der Waals surface area (Å²) in [4.78, 5) is 25.9.